The van der Waals surface area contributed by atoms with Crippen LogP contribution in [0.3, 0.4) is 0 Å². The summed E-state index contributed by atoms with van der Waals surface area (Å²) in [6.07, 6.45) is 3.57. The highest BCUT2D eigenvalue weighted by Crippen LogP contribution is 2.32. The highest BCUT2D eigenvalue weighted by atomic mass is 19.1. The van der Waals surface area contributed by atoms with Crippen LogP contribution in [-0.4, -0.2) is 47.6 Å². The molecule has 8 heteroatoms. The number of rotatable bonds is 9. The molecule has 0 bridgehead atoms. The Hall–Kier alpha value is -3.10. The molecule has 3 rings (SSSR count). The second-order valence-corrected chi connectivity index (χ2v) is 7.00. The number of methoxy groups -OCH3 is 1. The average Bonchev–Trinajstić information content (AvgIpc) is 3.18. The van der Waals surface area contributed by atoms with Crippen LogP contribution >= 0.6 is 0 Å². The van der Waals surface area contributed by atoms with E-state index in [1.54, 1.807) is 31.5 Å². The van der Waals surface area contributed by atoms with Crippen molar-refractivity contribution in [1.82, 2.24) is 14.8 Å². The van der Waals surface area contributed by atoms with Crippen molar-refractivity contribution >= 4 is 11.7 Å². The molecule has 0 aliphatic carbocycles. The molecule has 0 saturated carbocycles. The predicted octanol–water partition coefficient (Wildman–Crippen LogP) is 3.93. The number of anilines is 1. The highest BCUT2D eigenvalue weighted by Gasteiger charge is 2.16. The Kier molecular flexibility index (Phi) is 7.26. The first-order valence-electron chi connectivity index (χ1n) is 9.66. The van der Waals surface area contributed by atoms with Crippen LogP contribution < -0.4 is 5.32 Å². The van der Waals surface area contributed by atoms with E-state index in [0.29, 0.717) is 19.0 Å². The van der Waals surface area contributed by atoms with E-state index in [1.807, 2.05) is 30.8 Å². The number of halogens is 1. The highest BCUT2D eigenvalue weighted by molar-refractivity contribution is 5.91. The Morgan fingerprint density at radius 1 is 1.17 bits per heavy atom. The molecule has 158 valence electrons. The van der Waals surface area contributed by atoms with Crippen molar-refractivity contribution in [1.29, 1.82) is 0 Å². The molecule has 0 aliphatic rings. The lowest BCUT2D eigenvalue weighted by Crippen LogP contribution is -2.20. The van der Waals surface area contributed by atoms with Crippen LogP contribution in [0.4, 0.5) is 10.2 Å². The molecule has 7 nitrogen and oxygen atoms in total. The van der Waals surface area contributed by atoms with Crippen molar-refractivity contribution in [3.05, 3.63) is 54.6 Å². The number of amides is 1. The Labute approximate surface area is 174 Å². The summed E-state index contributed by atoms with van der Waals surface area (Å²) >= 11 is 0. The number of nitrogens with zero attached hydrogens (tertiary/aromatic N) is 3. The van der Waals surface area contributed by atoms with Crippen molar-refractivity contribution in [3.8, 4) is 22.4 Å². The number of aromatic nitrogens is 3. The zero-order valence-corrected chi connectivity index (χ0v) is 17.3. The van der Waals surface area contributed by atoms with Crippen LogP contribution in [0.5, 0.6) is 0 Å². The number of pyridine rings is 1. The molecule has 0 spiro atoms. The van der Waals surface area contributed by atoms with Gasteiger partial charge in [-0.3, -0.25) is 9.48 Å². The van der Waals surface area contributed by atoms with E-state index in [-0.39, 0.29) is 24.4 Å². The van der Waals surface area contributed by atoms with Crippen LogP contribution in [0.2, 0.25) is 0 Å². The minimum atomic E-state index is -0.301. The molecule has 2 aromatic heterocycles. The molecule has 30 heavy (non-hydrogen) atoms. The van der Waals surface area contributed by atoms with Crippen molar-refractivity contribution < 1.29 is 18.7 Å². The lowest BCUT2D eigenvalue weighted by atomic mass is 10.0. The molecule has 0 radical (unpaired) electrons. The smallest absolute Gasteiger partial charge is 0.251 e. The Morgan fingerprint density at radius 3 is 2.63 bits per heavy atom. The summed E-state index contributed by atoms with van der Waals surface area (Å²) in [7, 11) is 1.57. The lowest BCUT2D eigenvalue weighted by Gasteiger charge is -2.08. The van der Waals surface area contributed by atoms with Gasteiger partial charge in [-0.2, -0.15) is 5.10 Å². The van der Waals surface area contributed by atoms with Crippen LogP contribution in [0, 0.1) is 5.82 Å². The number of ether oxygens (including phenoxy) is 2. The first-order chi connectivity index (χ1) is 14.5. The van der Waals surface area contributed by atoms with Gasteiger partial charge in [0.05, 0.1) is 13.2 Å². The van der Waals surface area contributed by atoms with E-state index >= 15 is 0 Å². The van der Waals surface area contributed by atoms with Crippen LogP contribution in [0.25, 0.3) is 22.4 Å². The third-order valence-corrected chi connectivity index (χ3v) is 4.38. The van der Waals surface area contributed by atoms with Gasteiger partial charge in [-0.05, 0) is 55.8 Å². The molecule has 0 saturated heterocycles. The van der Waals surface area contributed by atoms with Crippen molar-refractivity contribution in [2.24, 2.45) is 0 Å². The van der Waals surface area contributed by atoms with Gasteiger partial charge >= 0.3 is 0 Å². The summed E-state index contributed by atoms with van der Waals surface area (Å²) in [4.78, 5) is 16.3. The van der Waals surface area contributed by atoms with Crippen LogP contribution in [0.15, 0.2) is 48.8 Å². The lowest BCUT2D eigenvalue weighted by molar-refractivity contribution is -0.121. The van der Waals surface area contributed by atoms with Crippen LogP contribution in [0.1, 0.15) is 19.9 Å². The van der Waals surface area contributed by atoms with Gasteiger partial charge in [0, 0.05) is 36.7 Å². The summed E-state index contributed by atoms with van der Waals surface area (Å²) in [6, 6.07) is 10.0. The number of hydrogen-bond acceptors (Lipinski definition) is 5. The van der Waals surface area contributed by atoms with Gasteiger partial charge in [-0.25, -0.2) is 9.37 Å². The standard InChI is InChI=1S/C22H25FN4O3/c1-15(2)27-13-19(22(26-27)16-4-6-18(23)7-5-16)17-8-9-24-20(12-17)25-21(28)14-30-11-10-29-3/h4-9,12-13,15H,10-11,14H2,1-3H3,(H,24,25,28). The van der Waals surface area contributed by atoms with E-state index in [0.717, 1.165) is 22.4 Å². The molecule has 0 fully saturated rings. The van der Waals surface area contributed by atoms with E-state index in [2.05, 4.69) is 15.4 Å². The summed E-state index contributed by atoms with van der Waals surface area (Å²) < 4.78 is 25.3. The third kappa shape index (κ3) is 5.49. The second kappa shape index (κ2) is 10.1. The summed E-state index contributed by atoms with van der Waals surface area (Å²) in [5.74, 6) is -0.187. The normalized spacial score (nSPS) is 11.1. The first-order valence-corrected chi connectivity index (χ1v) is 9.66. The SMILES string of the molecule is COCCOCC(=O)Nc1cc(-c2cn(C(C)C)nc2-c2ccc(F)cc2)ccn1. The van der Waals surface area contributed by atoms with Gasteiger partial charge in [0.2, 0.25) is 0 Å². The zero-order valence-electron chi connectivity index (χ0n) is 17.3. The molecule has 1 aromatic carbocycles. The van der Waals surface area contributed by atoms with Crippen LogP contribution in [-0.2, 0) is 14.3 Å². The first kappa shape index (κ1) is 21.6. The number of carbonyl (C=O) groups is 1. The number of benzene rings is 1. The Morgan fingerprint density at radius 2 is 1.93 bits per heavy atom. The molecule has 0 atom stereocenters. The third-order valence-electron chi connectivity index (χ3n) is 4.38. The van der Waals surface area contributed by atoms with E-state index in [4.69, 9.17) is 9.47 Å². The average molecular weight is 412 g/mol. The fourth-order valence-electron chi connectivity index (χ4n) is 2.84. The molecular formula is C22H25FN4O3. The maximum absolute atomic E-state index is 13.4. The zero-order chi connectivity index (χ0) is 21.5. The maximum Gasteiger partial charge on any atom is 0.251 e. The summed E-state index contributed by atoms with van der Waals surface area (Å²) in [5, 5.41) is 7.42. The van der Waals surface area contributed by atoms with Gasteiger partial charge in [-0.1, -0.05) is 0 Å². The van der Waals surface area contributed by atoms with E-state index in [1.165, 1.54) is 12.1 Å². The molecule has 0 unspecified atom stereocenters. The molecule has 3 aromatic rings. The largest absolute Gasteiger partial charge is 0.382 e. The Balaban J connectivity index is 1.85. The van der Waals surface area contributed by atoms with Crippen molar-refractivity contribution in [2.45, 2.75) is 19.9 Å². The molecular weight excluding hydrogens is 387 g/mol. The minimum absolute atomic E-state index is 0.0820. The van der Waals surface area contributed by atoms with Gasteiger partial charge in [0.25, 0.3) is 5.91 Å². The maximum atomic E-state index is 13.4. The quantitative estimate of drug-likeness (QED) is 0.539. The van der Waals surface area contributed by atoms with E-state index in [9.17, 15) is 9.18 Å². The van der Waals surface area contributed by atoms with E-state index < -0.39 is 0 Å². The minimum Gasteiger partial charge on any atom is -0.382 e. The monoisotopic (exact) mass is 412 g/mol. The number of carbonyl (C=O) groups excluding carboxylic acids is 1. The van der Waals surface area contributed by atoms with Gasteiger partial charge < -0.3 is 14.8 Å². The van der Waals surface area contributed by atoms with Crippen molar-refractivity contribution in [3.63, 3.8) is 0 Å². The molecule has 1 amide bonds. The van der Waals surface area contributed by atoms with Gasteiger partial charge in [0.15, 0.2) is 0 Å². The number of hydrogen-bond donors (Lipinski definition) is 1. The number of nitrogens with one attached hydrogen (secondary N) is 1. The van der Waals surface area contributed by atoms with Gasteiger partial charge in [-0.15, -0.1) is 0 Å². The van der Waals surface area contributed by atoms with Crippen molar-refractivity contribution in [2.75, 3.05) is 32.2 Å². The molecule has 1 N–H and O–H groups in total. The second-order valence-electron chi connectivity index (χ2n) is 7.00. The fraction of sp³-hybridized carbons (Fsp3) is 0.318. The molecule has 2 heterocycles. The Bertz CT molecular complexity index is 986. The fourth-order valence-corrected chi connectivity index (χ4v) is 2.84. The summed E-state index contributed by atoms with van der Waals surface area (Å²) in [5.41, 5.74) is 3.24. The van der Waals surface area contributed by atoms with Gasteiger partial charge in [0.1, 0.15) is 23.9 Å². The topological polar surface area (TPSA) is 78.3 Å². The summed E-state index contributed by atoms with van der Waals surface area (Å²) in [6.45, 7) is 4.75. The predicted molar refractivity (Wildman–Crippen MR) is 113 cm³/mol. The molecule has 0 aliphatic heterocycles.